The average Bonchev–Trinajstić information content (AvgIpc) is 2.37. The fourth-order valence-corrected chi connectivity index (χ4v) is 1.57. The third-order valence-corrected chi connectivity index (χ3v) is 2.70. The van der Waals surface area contributed by atoms with Crippen molar-refractivity contribution < 1.29 is 19.4 Å². The molecule has 0 amide bonds. The Hall–Kier alpha value is -1.06. The monoisotopic (exact) mass is 258 g/mol. The molecule has 4 nitrogen and oxygen atoms in total. The molecule has 106 valence electrons. The van der Waals surface area contributed by atoms with Crippen LogP contribution in [0.4, 0.5) is 0 Å². The maximum Gasteiger partial charge on any atom is 0.355 e. The molecule has 0 N–H and O–H groups in total. The van der Waals surface area contributed by atoms with Gasteiger partial charge in [-0.2, -0.15) is 0 Å². The molecule has 0 bridgehead atoms. The lowest BCUT2D eigenvalue weighted by Crippen LogP contribution is -2.11. The first kappa shape index (κ1) is 16.9. The van der Waals surface area contributed by atoms with Gasteiger partial charge in [-0.1, -0.05) is 52.4 Å². The van der Waals surface area contributed by atoms with Crippen molar-refractivity contribution >= 4 is 11.9 Å². The lowest BCUT2D eigenvalue weighted by atomic mass is 10.2. The van der Waals surface area contributed by atoms with Gasteiger partial charge in [0.25, 0.3) is 0 Å². The minimum absolute atomic E-state index is 0.323. The van der Waals surface area contributed by atoms with E-state index in [1.807, 2.05) is 0 Å². The Bertz CT molecular complexity index is 202. The fourth-order valence-electron chi connectivity index (χ4n) is 1.57. The van der Waals surface area contributed by atoms with Gasteiger partial charge in [-0.05, 0) is 12.8 Å². The molecule has 0 saturated heterocycles. The Morgan fingerprint density at radius 3 is 1.39 bits per heavy atom. The Labute approximate surface area is 110 Å². The van der Waals surface area contributed by atoms with Crippen LogP contribution in [0, 0.1) is 0 Å². The number of carbonyl (C=O) groups is 2. The average molecular weight is 258 g/mol. The van der Waals surface area contributed by atoms with E-state index >= 15 is 0 Å². The van der Waals surface area contributed by atoms with E-state index < -0.39 is 11.9 Å². The standard InChI is InChI=1S/C14H26O4/c1-3-5-7-9-11-13(15)17-18-14(16)12-10-8-6-4-2/h3-12H2,1-2H3. The van der Waals surface area contributed by atoms with E-state index in [1.165, 1.54) is 0 Å². The van der Waals surface area contributed by atoms with Crippen LogP contribution in [-0.2, 0) is 19.4 Å². The van der Waals surface area contributed by atoms with Gasteiger partial charge < -0.3 is 0 Å². The summed E-state index contributed by atoms with van der Waals surface area (Å²) in [5.41, 5.74) is 0. The van der Waals surface area contributed by atoms with E-state index in [0.717, 1.165) is 51.4 Å². The second-order valence-electron chi connectivity index (χ2n) is 4.53. The summed E-state index contributed by atoms with van der Waals surface area (Å²) in [7, 11) is 0. The summed E-state index contributed by atoms with van der Waals surface area (Å²) >= 11 is 0. The van der Waals surface area contributed by atoms with Gasteiger partial charge in [-0.15, -0.1) is 0 Å². The molecule has 0 rings (SSSR count). The quantitative estimate of drug-likeness (QED) is 0.338. The van der Waals surface area contributed by atoms with E-state index in [2.05, 4.69) is 23.6 Å². The molecule has 0 aromatic carbocycles. The number of unbranched alkanes of at least 4 members (excludes halogenated alkanes) is 6. The van der Waals surface area contributed by atoms with Crippen molar-refractivity contribution in [3.05, 3.63) is 0 Å². The lowest BCUT2D eigenvalue weighted by molar-refractivity contribution is -0.259. The van der Waals surface area contributed by atoms with Crippen molar-refractivity contribution in [3.63, 3.8) is 0 Å². The zero-order valence-corrected chi connectivity index (χ0v) is 11.7. The maximum atomic E-state index is 11.2. The van der Waals surface area contributed by atoms with Gasteiger partial charge in [0, 0.05) is 0 Å². The first-order chi connectivity index (χ1) is 8.70. The molecule has 0 unspecified atom stereocenters. The molecule has 0 radical (unpaired) electrons. The van der Waals surface area contributed by atoms with Crippen LogP contribution in [0.15, 0.2) is 0 Å². The van der Waals surface area contributed by atoms with Crippen molar-refractivity contribution in [2.75, 3.05) is 0 Å². The normalized spacial score (nSPS) is 10.1. The van der Waals surface area contributed by atoms with Crippen molar-refractivity contribution in [3.8, 4) is 0 Å². The molecule has 0 aliphatic heterocycles. The van der Waals surface area contributed by atoms with E-state index in [0.29, 0.717) is 12.8 Å². The topological polar surface area (TPSA) is 52.6 Å². The van der Waals surface area contributed by atoms with Crippen LogP contribution >= 0.6 is 0 Å². The van der Waals surface area contributed by atoms with Crippen LogP contribution in [0.3, 0.4) is 0 Å². The molecule has 0 aliphatic rings. The van der Waals surface area contributed by atoms with Crippen LogP contribution in [0.5, 0.6) is 0 Å². The molecule has 0 aromatic rings. The van der Waals surface area contributed by atoms with Crippen molar-refractivity contribution in [2.45, 2.75) is 78.1 Å². The molecule has 0 saturated carbocycles. The highest BCUT2D eigenvalue weighted by Gasteiger charge is 2.09. The zero-order chi connectivity index (χ0) is 13.6. The molecule has 0 aromatic heterocycles. The SMILES string of the molecule is CCCCCCC(=O)OOC(=O)CCCCCC. The van der Waals surface area contributed by atoms with Gasteiger partial charge in [0.1, 0.15) is 0 Å². The van der Waals surface area contributed by atoms with Gasteiger partial charge in [0.15, 0.2) is 0 Å². The molecule has 18 heavy (non-hydrogen) atoms. The van der Waals surface area contributed by atoms with E-state index in [-0.39, 0.29) is 0 Å². The van der Waals surface area contributed by atoms with Crippen LogP contribution in [0.1, 0.15) is 78.1 Å². The van der Waals surface area contributed by atoms with E-state index in [9.17, 15) is 9.59 Å². The minimum Gasteiger partial charge on any atom is -0.247 e. The van der Waals surface area contributed by atoms with Crippen molar-refractivity contribution in [1.29, 1.82) is 0 Å². The summed E-state index contributed by atoms with van der Waals surface area (Å²) in [4.78, 5) is 31.3. The first-order valence-electron chi connectivity index (χ1n) is 7.10. The van der Waals surface area contributed by atoms with Gasteiger partial charge in [0.2, 0.25) is 0 Å². The van der Waals surface area contributed by atoms with E-state index in [1.54, 1.807) is 0 Å². The summed E-state index contributed by atoms with van der Waals surface area (Å²) in [6, 6.07) is 0. The molecule has 0 atom stereocenters. The van der Waals surface area contributed by atoms with E-state index in [4.69, 9.17) is 0 Å². The summed E-state index contributed by atoms with van der Waals surface area (Å²) in [5.74, 6) is -0.902. The molecular weight excluding hydrogens is 232 g/mol. The third kappa shape index (κ3) is 11.4. The maximum absolute atomic E-state index is 11.2. The Morgan fingerprint density at radius 2 is 1.06 bits per heavy atom. The van der Waals surface area contributed by atoms with Gasteiger partial charge in [-0.3, -0.25) is 0 Å². The predicted octanol–water partition coefficient (Wildman–Crippen LogP) is 3.93. The number of hydrogen-bond donors (Lipinski definition) is 0. The van der Waals surface area contributed by atoms with Crippen LogP contribution in [0.2, 0.25) is 0 Å². The van der Waals surface area contributed by atoms with Crippen LogP contribution in [-0.4, -0.2) is 11.9 Å². The molecule has 0 heterocycles. The Kier molecular flexibility index (Phi) is 11.7. The van der Waals surface area contributed by atoms with Crippen molar-refractivity contribution in [1.82, 2.24) is 0 Å². The van der Waals surface area contributed by atoms with Crippen molar-refractivity contribution in [2.24, 2.45) is 0 Å². The number of carbonyl (C=O) groups excluding carboxylic acids is 2. The summed E-state index contributed by atoms with van der Waals surface area (Å²) in [6.07, 6.45) is 8.74. The highest BCUT2D eigenvalue weighted by molar-refractivity contribution is 5.72. The second kappa shape index (κ2) is 12.4. The molecule has 0 spiro atoms. The number of hydrogen-bond acceptors (Lipinski definition) is 4. The lowest BCUT2D eigenvalue weighted by Gasteiger charge is -2.03. The predicted molar refractivity (Wildman–Crippen MR) is 69.7 cm³/mol. The Balaban J connectivity index is 3.39. The number of rotatable bonds is 10. The zero-order valence-electron chi connectivity index (χ0n) is 11.7. The third-order valence-electron chi connectivity index (χ3n) is 2.70. The van der Waals surface area contributed by atoms with Crippen LogP contribution in [0.25, 0.3) is 0 Å². The molecule has 4 heteroatoms. The Morgan fingerprint density at radius 1 is 0.667 bits per heavy atom. The second-order valence-corrected chi connectivity index (χ2v) is 4.53. The molecule has 0 fully saturated rings. The largest absolute Gasteiger partial charge is 0.355 e. The minimum atomic E-state index is -0.451. The fraction of sp³-hybridized carbons (Fsp3) is 0.857. The highest BCUT2D eigenvalue weighted by atomic mass is 17.2. The van der Waals surface area contributed by atoms with Gasteiger partial charge >= 0.3 is 11.9 Å². The van der Waals surface area contributed by atoms with Gasteiger partial charge in [0.05, 0.1) is 12.8 Å². The van der Waals surface area contributed by atoms with Gasteiger partial charge in [-0.25, -0.2) is 19.4 Å². The van der Waals surface area contributed by atoms with Crippen LogP contribution < -0.4 is 0 Å². The molecular formula is C14H26O4. The summed E-state index contributed by atoms with van der Waals surface area (Å²) in [6.45, 7) is 4.22. The molecule has 0 aliphatic carbocycles. The smallest absolute Gasteiger partial charge is 0.247 e. The summed E-state index contributed by atoms with van der Waals surface area (Å²) < 4.78 is 0. The highest BCUT2D eigenvalue weighted by Crippen LogP contribution is 2.06. The summed E-state index contributed by atoms with van der Waals surface area (Å²) in [5, 5.41) is 0. The first-order valence-corrected chi connectivity index (χ1v) is 7.10.